The van der Waals surface area contributed by atoms with Crippen LogP contribution >= 0.6 is 9.24 Å². The molecule has 4 nitrogen and oxygen atoms in total. The molecule has 0 spiro atoms. The van der Waals surface area contributed by atoms with Gasteiger partial charge in [-0.3, -0.25) is 4.98 Å². The van der Waals surface area contributed by atoms with Crippen LogP contribution in [-0.4, -0.2) is 21.6 Å². The van der Waals surface area contributed by atoms with Gasteiger partial charge in [0.1, 0.15) is 11.5 Å². The number of fused-ring (bicyclic) bond motifs is 1. The van der Waals surface area contributed by atoms with Crippen LogP contribution in [0, 0.1) is 11.8 Å². The van der Waals surface area contributed by atoms with Crippen molar-refractivity contribution in [1.82, 2.24) is 10.3 Å². The summed E-state index contributed by atoms with van der Waals surface area (Å²) in [6.07, 6.45) is 14.8. The molecule has 0 bridgehead atoms. The maximum absolute atomic E-state index is 6.00. The molecule has 1 aliphatic carbocycles. The summed E-state index contributed by atoms with van der Waals surface area (Å²) in [6, 6.07) is 4.18. The number of dihydropyridines is 1. The molecule has 0 aromatic carbocycles. The predicted octanol–water partition coefficient (Wildman–Crippen LogP) is 3.26. The normalized spacial score (nSPS) is 36.8. The van der Waals surface area contributed by atoms with E-state index in [1.807, 2.05) is 18.5 Å². The monoisotopic (exact) mass is 352 g/mol. The lowest BCUT2D eigenvalue weighted by Crippen LogP contribution is -2.44. The second-order valence-electron chi connectivity index (χ2n) is 7.72. The van der Waals surface area contributed by atoms with Crippen LogP contribution in [0.2, 0.25) is 0 Å². The number of pyridine rings is 1. The maximum Gasteiger partial charge on any atom is 0.139 e. The number of allylic oxidation sites excluding steroid dienone is 2. The van der Waals surface area contributed by atoms with E-state index >= 15 is 0 Å². The van der Waals surface area contributed by atoms with Crippen LogP contribution in [0.1, 0.15) is 32.3 Å². The summed E-state index contributed by atoms with van der Waals surface area (Å²) in [6.45, 7) is 4.40. The molecule has 25 heavy (non-hydrogen) atoms. The van der Waals surface area contributed by atoms with Gasteiger partial charge < -0.3 is 11.1 Å². The first-order valence-electron chi connectivity index (χ1n) is 8.82. The van der Waals surface area contributed by atoms with Crippen LogP contribution in [0.5, 0.6) is 0 Å². The maximum atomic E-state index is 6.00. The topological polar surface area (TPSA) is 63.3 Å². The SMILES string of the molecule is CC1(P)C=CC(C2=C(c3ccncc3)C3C=CC(N)=NC3(C)N2)CC1. The summed E-state index contributed by atoms with van der Waals surface area (Å²) < 4.78 is 0. The summed E-state index contributed by atoms with van der Waals surface area (Å²) in [4.78, 5) is 8.92. The molecule has 0 amide bonds. The number of rotatable bonds is 2. The number of nitrogens with two attached hydrogens (primary N) is 1. The molecule has 0 radical (unpaired) electrons. The van der Waals surface area contributed by atoms with E-state index in [0.717, 1.165) is 12.8 Å². The van der Waals surface area contributed by atoms with Gasteiger partial charge in [-0.05, 0) is 54.3 Å². The Labute approximate surface area is 151 Å². The van der Waals surface area contributed by atoms with E-state index in [-0.39, 0.29) is 11.1 Å². The summed E-state index contributed by atoms with van der Waals surface area (Å²) in [7, 11) is 2.96. The van der Waals surface area contributed by atoms with Crippen LogP contribution in [0.15, 0.2) is 59.5 Å². The molecule has 0 fully saturated rings. The number of hydrogen-bond acceptors (Lipinski definition) is 4. The van der Waals surface area contributed by atoms with Gasteiger partial charge in [-0.1, -0.05) is 25.2 Å². The van der Waals surface area contributed by atoms with E-state index < -0.39 is 5.66 Å². The molecular weight excluding hydrogens is 327 g/mol. The molecule has 0 saturated carbocycles. The van der Waals surface area contributed by atoms with Crippen molar-refractivity contribution in [3.8, 4) is 0 Å². The predicted molar refractivity (Wildman–Crippen MR) is 107 cm³/mol. The highest BCUT2D eigenvalue weighted by atomic mass is 31.0. The van der Waals surface area contributed by atoms with Gasteiger partial charge in [-0.25, -0.2) is 4.99 Å². The first-order valence-corrected chi connectivity index (χ1v) is 9.40. The van der Waals surface area contributed by atoms with Crippen molar-refractivity contribution in [2.45, 2.75) is 37.5 Å². The highest BCUT2D eigenvalue weighted by molar-refractivity contribution is 7.19. The van der Waals surface area contributed by atoms with Crippen molar-refractivity contribution in [2.75, 3.05) is 0 Å². The van der Waals surface area contributed by atoms with E-state index in [9.17, 15) is 0 Å². The van der Waals surface area contributed by atoms with Gasteiger partial charge in [0.25, 0.3) is 0 Å². The van der Waals surface area contributed by atoms with Crippen molar-refractivity contribution < 1.29 is 0 Å². The van der Waals surface area contributed by atoms with Crippen LogP contribution < -0.4 is 11.1 Å². The highest BCUT2D eigenvalue weighted by Crippen LogP contribution is 2.47. The third kappa shape index (κ3) is 2.93. The number of nitrogens with one attached hydrogen (secondary N) is 1. The Morgan fingerprint density at radius 2 is 2.00 bits per heavy atom. The number of nitrogens with zero attached hydrogens (tertiary/aromatic N) is 2. The van der Waals surface area contributed by atoms with E-state index in [0.29, 0.717) is 11.8 Å². The fourth-order valence-electron chi connectivity index (χ4n) is 4.13. The number of amidine groups is 1. The van der Waals surface area contributed by atoms with Gasteiger partial charge in [0, 0.05) is 29.9 Å². The van der Waals surface area contributed by atoms with Gasteiger partial charge in [-0.15, -0.1) is 9.24 Å². The smallest absolute Gasteiger partial charge is 0.139 e. The van der Waals surface area contributed by atoms with Crippen LogP contribution in [0.3, 0.4) is 0 Å². The minimum Gasteiger partial charge on any atom is -0.384 e. The van der Waals surface area contributed by atoms with Gasteiger partial charge in [-0.2, -0.15) is 0 Å². The molecule has 3 N–H and O–H groups in total. The first kappa shape index (κ1) is 16.5. The molecule has 2 aliphatic heterocycles. The Balaban J connectivity index is 1.81. The lowest BCUT2D eigenvalue weighted by atomic mass is 9.81. The molecule has 1 aromatic heterocycles. The van der Waals surface area contributed by atoms with Crippen molar-refractivity contribution in [3.63, 3.8) is 0 Å². The minimum atomic E-state index is -0.414. The summed E-state index contributed by atoms with van der Waals surface area (Å²) in [5.74, 6) is 1.14. The molecule has 3 heterocycles. The van der Waals surface area contributed by atoms with E-state index in [1.165, 1.54) is 16.8 Å². The van der Waals surface area contributed by atoms with Crippen LogP contribution in [-0.2, 0) is 0 Å². The fraction of sp³-hybridized carbons (Fsp3) is 0.400. The largest absolute Gasteiger partial charge is 0.384 e. The zero-order valence-corrected chi connectivity index (χ0v) is 15.9. The fourth-order valence-corrected chi connectivity index (χ4v) is 4.41. The Kier molecular flexibility index (Phi) is 3.84. The molecule has 130 valence electrons. The molecule has 0 saturated heterocycles. The molecule has 3 aliphatic rings. The molecule has 4 rings (SSSR count). The quantitative estimate of drug-likeness (QED) is 0.634. The Hall–Kier alpha value is -1.93. The third-order valence-electron chi connectivity index (χ3n) is 5.48. The first-order chi connectivity index (χ1) is 11.9. The second-order valence-corrected chi connectivity index (χ2v) is 9.04. The van der Waals surface area contributed by atoms with Gasteiger partial charge in [0.2, 0.25) is 0 Å². The van der Waals surface area contributed by atoms with Crippen LogP contribution in [0.25, 0.3) is 5.57 Å². The van der Waals surface area contributed by atoms with Gasteiger partial charge in [0.05, 0.1) is 0 Å². The van der Waals surface area contributed by atoms with Crippen LogP contribution in [0.4, 0.5) is 0 Å². The summed E-state index contributed by atoms with van der Waals surface area (Å²) in [5.41, 5.74) is 9.39. The zero-order chi connectivity index (χ0) is 17.7. The highest BCUT2D eigenvalue weighted by Gasteiger charge is 2.46. The Bertz CT molecular complexity index is 806. The van der Waals surface area contributed by atoms with Crippen molar-refractivity contribution >= 4 is 20.6 Å². The van der Waals surface area contributed by atoms with E-state index in [4.69, 9.17) is 10.7 Å². The second kappa shape index (κ2) is 5.81. The minimum absolute atomic E-state index is 0.176. The zero-order valence-electron chi connectivity index (χ0n) is 14.7. The molecule has 5 atom stereocenters. The lowest BCUT2D eigenvalue weighted by Gasteiger charge is -2.32. The van der Waals surface area contributed by atoms with E-state index in [1.54, 1.807) is 0 Å². The molecule has 5 unspecified atom stereocenters. The van der Waals surface area contributed by atoms with Crippen molar-refractivity contribution in [1.29, 1.82) is 0 Å². The molecular formula is C20H25N4P. The van der Waals surface area contributed by atoms with Gasteiger partial charge in [0.15, 0.2) is 0 Å². The number of aliphatic imine (C=N–C) groups is 1. The average molecular weight is 352 g/mol. The molecule has 5 heteroatoms. The Morgan fingerprint density at radius 3 is 2.68 bits per heavy atom. The van der Waals surface area contributed by atoms with Gasteiger partial charge >= 0.3 is 0 Å². The lowest BCUT2D eigenvalue weighted by molar-refractivity contribution is 0.368. The third-order valence-corrected chi connectivity index (χ3v) is 5.96. The Morgan fingerprint density at radius 1 is 1.24 bits per heavy atom. The molecule has 1 aromatic rings. The van der Waals surface area contributed by atoms with Crippen molar-refractivity contribution in [3.05, 3.63) is 60.1 Å². The standard InChI is InChI=1S/C20H25N4P/c1-19(25)9-5-14(6-10-19)18-17(13-7-11-22-12-8-13)15-3-4-16(21)23-20(15,2)24-18/h3-5,7-9,11-12,14-15,24H,6,10,25H2,1-2H3,(H2,21,23). The number of aromatic nitrogens is 1. The average Bonchev–Trinajstić information content (AvgIpc) is 2.87. The van der Waals surface area contributed by atoms with Crippen molar-refractivity contribution in [2.24, 2.45) is 22.6 Å². The number of hydrogen-bond donors (Lipinski definition) is 2. The van der Waals surface area contributed by atoms with E-state index in [2.05, 4.69) is 63.7 Å². The summed E-state index contributed by atoms with van der Waals surface area (Å²) in [5, 5.41) is 3.93. The summed E-state index contributed by atoms with van der Waals surface area (Å²) >= 11 is 0.